The summed E-state index contributed by atoms with van der Waals surface area (Å²) in [6, 6.07) is 10.8. The summed E-state index contributed by atoms with van der Waals surface area (Å²) in [7, 11) is 0. The molecule has 6 heteroatoms. The third-order valence-electron chi connectivity index (χ3n) is 4.58. The van der Waals surface area contributed by atoms with Gasteiger partial charge in [-0.05, 0) is 46.2 Å². The summed E-state index contributed by atoms with van der Waals surface area (Å²) in [5.41, 5.74) is 0.737. The number of rotatable bonds is 7. The van der Waals surface area contributed by atoms with Crippen LogP contribution in [-0.2, 0) is 4.79 Å². The van der Waals surface area contributed by atoms with E-state index in [0.717, 1.165) is 32.0 Å². The van der Waals surface area contributed by atoms with E-state index < -0.39 is 5.41 Å². The van der Waals surface area contributed by atoms with E-state index >= 15 is 0 Å². The standard InChI is InChI=1S/C20H33N5O/c1-5-21-18(26)20(3,4)15-23-19(22-6-2)24-16-12-13-25(14-16)17-10-8-7-9-11-17/h7-11,16H,5-6,12-15H2,1-4H3,(H,21,26)(H2,22,23,24). The Bertz CT molecular complexity index is 599. The maximum Gasteiger partial charge on any atom is 0.227 e. The molecule has 1 aromatic rings. The molecular formula is C20H33N5O. The van der Waals surface area contributed by atoms with Crippen LogP contribution in [-0.4, -0.2) is 50.6 Å². The molecule has 1 amide bonds. The number of hydrogen-bond donors (Lipinski definition) is 3. The first-order chi connectivity index (χ1) is 12.5. The molecule has 6 nitrogen and oxygen atoms in total. The van der Waals surface area contributed by atoms with Crippen molar-refractivity contribution in [1.82, 2.24) is 16.0 Å². The molecule has 0 bridgehead atoms. The fourth-order valence-corrected chi connectivity index (χ4v) is 3.01. The van der Waals surface area contributed by atoms with Crippen molar-refractivity contribution in [3.05, 3.63) is 30.3 Å². The van der Waals surface area contributed by atoms with Crippen LogP contribution in [0.4, 0.5) is 5.69 Å². The summed E-state index contributed by atoms with van der Waals surface area (Å²) in [4.78, 5) is 19.2. The summed E-state index contributed by atoms with van der Waals surface area (Å²) in [5, 5.41) is 9.70. The van der Waals surface area contributed by atoms with Crippen LogP contribution in [0.1, 0.15) is 34.1 Å². The molecule has 1 saturated heterocycles. The SMILES string of the molecule is CCNC(=O)C(C)(C)CN=C(NCC)NC1CCN(c2ccccc2)C1. The van der Waals surface area contributed by atoms with Gasteiger partial charge in [-0.25, -0.2) is 0 Å². The minimum Gasteiger partial charge on any atom is -0.369 e. The second-order valence-electron chi connectivity index (χ2n) is 7.35. The van der Waals surface area contributed by atoms with Crippen LogP contribution in [0.5, 0.6) is 0 Å². The Morgan fingerprint density at radius 2 is 1.88 bits per heavy atom. The molecule has 26 heavy (non-hydrogen) atoms. The van der Waals surface area contributed by atoms with Crippen molar-refractivity contribution < 1.29 is 4.79 Å². The molecule has 0 spiro atoms. The van der Waals surface area contributed by atoms with E-state index in [1.165, 1.54) is 5.69 Å². The Hall–Kier alpha value is -2.24. The van der Waals surface area contributed by atoms with Gasteiger partial charge in [0.25, 0.3) is 0 Å². The third-order valence-corrected chi connectivity index (χ3v) is 4.58. The number of para-hydroxylation sites is 1. The molecule has 144 valence electrons. The van der Waals surface area contributed by atoms with Gasteiger partial charge in [-0.2, -0.15) is 0 Å². The maximum atomic E-state index is 12.2. The van der Waals surface area contributed by atoms with E-state index in [9.17, 15) is 4.79 Å². The fourth-order valence-electron chi connectivity index (χ4n) is 3.01. The highest BCUT2D eigenvalue weighted by Gasteiger charge is 2.28. The molecule has 2 rings (SSSR count). The molecule has 1 aliphatic heterocycles. The van der Waals surface area contributed by atoms with Gasteiger partial charge in [0.2, 0.25) is 5.91 Å². The monoisotopic (exact) mass is 359 g/mol. The van der Waals surface area contributed by atoms with E-state index in [1.807, 2.05) is 26.8 Å². The number of nitrogens with zero attached hydrogens (tertiary/aromatic N) is 2. The second kappa shape index (κ2) is 9.46. The summed E-state index contributed by atoms with van der Waals surface area (Å²) in [5.74, 6) is 0.820. The van der Waals surface area contributed by atoms with Crippen LogP contribution in [0.2, 0.25) is 0 Å². The fraction of sp³-hybridized carbons (Fsp3) is 0.600. The molecule has 1 unspecified atom stereocenters. The smallest absolute Gasteiger partial charge is 0.227 e. The van der Waals surface area contributed by atoms with Crippen molar-refractivity contribution in [2.75, 3.05) is 37.6 Å². The lowest BCUT2D eigenvalue weighted by Gasteiger charge is -2.23. The number of aliphatic imine (C=N–C) groups is 1. The van der Waals surface area contributed by atoms with Crippen molar-refractivity contribution in [3.8, 4) is 0 Å². The Morgan fingerprint density at radius 3 is 2.54 bits per heavy atom. The number of guanidine groups is 1. The number of amides is 1. The van der Waals surface area contributed by atoms with Crippen molar-refractivity contribution in [2.45, 2.75) is 40.2 Å². The minimum absolute atomic E-state index is 0.0377. The minimum atomic E-state index is -0.524. The maximum absolute atomic E-state index is 12.2. The molecule has 0 radical (unpaired) electrons. The molecule has 1 aromatic carbocycles. The highest BCUT2D eigenvalue weighted by Crippen LogP contribution is 2.20. The van der Waals surface area contributed by atoms with Crippen molar-refractivity contribution in [3.63, 3.8) is 0 Å². The third kappa shape index (κ3) is 5.64. The number of nitrogens with one attached hydrogen (secondary N) is 3. The lowest BCUT2D eigenvalue weighted by atomic mass is 9.92. The van der Waals surface area contributed by atoms with Gasteiger partial charge in [-0.15, -0.1) is 0 Å². The first-order valence-electron chi connectivity index (χ1n) is 9.59. The molecule has 1 heterocycles. The lowest BCUT2D eigenvalue weighted by Crippen LogP contribution is -2.46. The number of benzene rings is 1. The normalized spacial score (nSPS) is 17.9. The van der Waals surface area contributed by atoms with Gasteiger partial charge >= 0.3 is 0 Å². The van der Waals surface area contributed by atoms with Gasteiger partial charge in [0.15, 0.2) is 5.96 Å². The largest absolute Gasteiger partial charge is 0.369 e. The van der Waals surface area contributed by atoms with Crippen LogP contribution in [0.15, 0.2) is 35.3 Å². The predicted octanol–water partition coefficient (Wildman–Crippen LogP) is 1.98. The molecule has 1 atom stereocenters. The van der Waals surface area contributed by atoms with Gasteiger partial charge in [-0.1, -0.05) is 18.2 Å². The molecule has 0 aromatic heterocycles. The first-order valence-corrected chi connectivity index (χ1v) is 9.59. The Balaban J connectivity index is 1.94. The van der Waals surface area contributed by atoms with Gasteiger partial charge in [0, 0.05) is 37.9 Å². The number of carbonyl (C=O) groups is 1. The number of hydrogen-bond acceptors (Lipinski definition) is 3. The zero-order valence-electron chi connectivity index (χ0n) is 16.5. The van der Waals surface area contributed by atoms with Crippen molar-refractivity contribution in [2.24, 2.45) is 10.4 Å². The van der Waals surface area contributed by atoms with Gasteiger partial charge in [0.1, 0.15) is 0 Å². The van der Waals surface area contributed by atoms with Crippen molar-refractivity contribution >= 4 is 17.6 Å². The Kier molecular flexibility index (Phi) is 7.30. The lowest BCUT2D eigenvalue weighted by molar-refractivity contribution is -0.128. The van der Waals surface area contributed by atoms with Crippen LogP contribution in [0.3, 0.4) is 0 Å². The average molecular weight is 360 g/mol. The topological polar surface area (TPSA) is 68.8 Å². The Morgan fingerprint density at radius 1 is 1.19 bits per heavy atom. The van der Waals surface area contributed by atoms with Gasteiger partial charge < -0.3 is 20.9 Å². The molecule has 0 aliphatic carbocycles. The summed E-state index contributed by atoms with van der Waals surface area (Å²) in [6.45, 7) is 11.7. The average Bonchev–Trinajstić information content (AvgIpc) is 3.09. The molecule has 0 saturated carbocycles. The number of carbonyl (C=O) groups excluding carboxylic acids is 1. The van der Waals surface area contributed by atoms with Crippen LogP contribution in [0.25, 0.3) is 0 Å². The molecule has 1 aliphatic rings. The highest BCUT2D eigenvalue weighted by molar-refractivity contribution is 5.84. The second-order valence-corrected chi connectivity index (χ2v) is 7.35. The van der Waals surface area contributed by atoms with Crippen LogP contribution in [0, 0.1) is 5.41 Å². The Labute approximate surface area is 157 Å². The van der Waals surface area contributed by atoms with Gasteiger partial charge in [-0.3, -0.25) is 9.79 Å². The quantitative estimate of drug-likeness (QED) is 0.514. The van der Waals surface area contributed by atoms with Crippen molar-refractivity contribution in [1.29, 1.82) is 0 Å². The van der Waals surface area contributed by atoms with E-state index in [1.54, 1.807) is 0 Å². The van der Waals surface area contributed by atoms with Gasteiger partial charge in [0.05, 0.1) is 12.0 Å². The number of anilines is 1. The summed E-state index contributed by atoms with van der Waals surface area (Å²) < 4.78 is 0. The zero-order valence-corrected chi connectivity index (χ0v) is 16.5. The van der Waals surface area contributed by atoms with E-state index in [-0.39, 0.29) is 5.91 Å². The van der Waals surface area contributed by atoms with E-state index in [4.69, 9.17) is 0 Å². The van der Waals surface area contributed by atoms with Crippen LogP contribution >= 0.6 is 0 Å². The zero-order chi connectivity index (χ0) is 19.0. The van der Waals surface area contributed by atoms with E-state index in [2.05, 4.69) is 57.0 Å². The predicted molar refractivity (Wildman–Crippen MR) is 109 cm³/mol. The van der Waals surface area contributed by atoms with E-state index in [0.29, 0.717) is 19.1 Å². The molecule has 1 fully saturated rings. The molecular weight excluding hydrogens is 326 g/mol. The summed E-state index contributed by atoms with van der Waals surface area (Å²) in [6.07, 6.45) is 1.07. The molecule has 3 N–H and O–H groups in total. The van der Waals surface area contributed by atoms with Crippen LogP contribution < -0.4 is 20.9 Å². The summed E-state index contributed by atoms with van der Waals surface area (Å²) >= 11 is 0. The highest BCUT2D eigenvalue weighted by atomic mass is 16.2. The first kappa shape index (κ1) is 20.1.